The molecule has 1 N–H and O–H groups in total. The van der Waals surface area contributed by atoms with Gasteiger partial charge in [0.15, 0.2) is 11.9 Å². The first-order chi connectivity index (χ1) is 11.3. The first-order valence-electron chi connectivity index (χ1n) is 6.85. The highest BCUT2D eigenvalue weighted by Crippen LogP contribution is 2.32. The second-order valence-electron chi connectivity index (χ2n) is 4.90. The van der Waals surface area contributed by atoms with Crippen molar-refractivity contribution in [3.05, 3.63) is 49.0 Å². The van der Waals surface area contributed by atoms with Crippen molar-refractivity contribution in [1.82, 2.24) is 0 Å². The molecule has 0 aliphatic rings. The number of hydrogen-bond acceptors (Lipinski definition) is 5. The molecule has 0 saturated carbocycles. The number of benzene rings is 1. The van der Waals surface area contributed by atoms with Crippen molar-refractivity contribution in [3.63, 3.8) is 0 Å². The van der Waals surface area contributed by atoms with Crippen LogP contribution in [0.5, 0.6) is 0 Å². The van der Waals surface area contributed by atoms with Gasteiger partial charge in [0.1, 0.15) is 4.88 Å². The molecule has 0 aliphatic carbocycles. The van der Waals surface area contributed by atoms with Crippen molar-refractivity contribution in [1.29, 1.82) is 0 Å². The number of nitrogens with one attached hydrogen (secondary N) is 1. The van der Waals surface area contributed by atoms with E-state index in [1.165, 1.54) is 25.2 Å². The molecular formula is C16H13Br2NO4S. The van der Waals surface area contributed by atoms with Crippen molar-refractivity contribution in [3.8, 4) is 0 Å². The van der Waals surface area contributed by atoms with Crippen molar-refractivity contribution >= 4 is 66.5 Å². The molecule has 8 heteroatoms. The lowest BCUT2D eigenvalue weighted by molar-refractivity contribution is -0.123. The topological polar surface area (TPSA) is 72.5 Å². The Morgan fingerprint density at radius 2 is 1.79 bits per heavy atom. The number of hydrogen-bond donors (Lipinski definition) is 1. The summed E-state index contributed by atoms with van der Waals surface area (Å²) in [6.07, 6.45) is -0.954. The normalized spacial score (nSPS) is 11.7. The first-order valence-corrected chi connectivity index (χ1v) is 9.26. The van der Waals surface area contributed by atoms with Gasteiger partial charge in [0, 0.05) is 15.7 Å². The van der Waals surface area contributed by atoms with E-state index in [2.05, 4.69) is 37.2 Å². The van der Waals surface area contributed by atoms with Gasteiger partial charge in [-0.25, -0.2) is 4.79 Å². The van der Waals surface area contributed by atoms with E-state index >= 15 is 0 Å². The minimum absolute atomic E-state index is 0.0524. The molecule has 5 nitrogen and oxygen atoms in total. The molecule has 1 amide bonds. The number of ether oxygens (including phenoxy) is 1. The fourth-order valence-electron chi connectivity index (χ4n) is 1.75. The highest BCUT2D eigenvalue weighted by molar-refractivity contribution is 9.13. The van der Waals surface area contributed by atoms with Gasteiger partial charge >= 0.3 is 5.97 Å². The molecule has 1 unspecified atom stereocenters. The highest BCUT2D eigenvalue weighted by Gasteiger charge is 2.21. The number of anilines is 1. The number of esters is 1. The second-order valence-corrected chi connectivity index (χ2v) is 8.13. The van der Waals surface area contributed by atoms with Crippen LogP contribution < -0.4 is 5.32 Å². The second kappa shape index (κ2) is 8.04. The Kier molecular flexibility index (Phi) is 6.31. The highest BCUT2D eigenvalue weighted by atomic mass is 79.9. The SMILES string of the molecule is CC(=O)c1ccc(NC(=O)C(C)OC(=O)c2cc(Br)c(Br)s2)cc1. The van der Waals surface area contributed by atoms with Crippen LogP contribution in [0.25, 0.3) is 0 Å². The Bertz CT molecular complexity index is 766. The molecule has 0 fully saturated rings. The summed E-state index contributed by atoms with van der Waals surface area (Å²) in [5.41, 5.74) is 1.08. The number of Topliss-reactive ketones (excluding diaryl/α,β-unsaturated/α-hetero) is 1. The molecule has 0 radical (unpaired) electrons. The summed E-state index contributed by atoms with van der Waals surface area (Å²) in [7, 11) is 0. The van der Waals surface area contributed by atoms with E-state index in [1.807, 2.05) is 0 Å². The largest absolute Gasteiger partial charge is 0.448 e. The van der Waals surface area contributed by atoms with E-state index in [0.29, 0.717) is 16.1 Å². The van der Waals surface area contributed by atoms with E-state index in [-0.39, 0.29) is 5.78 Å². The Balaban J connectivity index is 1.96. The number of ketones is 1. The number of amides is 1. The average Bonchev–Trinajstić information content (AvgIpc) is 2.87. The minimum atomic E-state index is -0.954. The van der Waals surface area contributed by atoms with E-state index in [4.69, 9.17) is 4.74 Å². The van der Waals surface area contributed by atoms with E-state index in [1.54, 1.807) is 30.3 Å². The maximum Gasteiger partial charge on any atom is 0.349 e. The molecule has 24 heavy (non-hydrogen) atoms. The summed E-state index contributed by atoms with van der Waals surface area (Å²) >= 11 is 7.81. The number of halogens is 2. The number of thiophene rings is 1. The summed E-state index contributed by atoms with van der Waals surface area (Å²) in [6, 6.07) is 8.11. The first kappa shape index (κ1) is 18.8. The zero-order valence-corrected chi connectivity index (χ0v) is 16.7. The van der Waals surface area contributed by atoms with Gasteiger partial charge in [-0.3, -0.25) is 9.59 Å². The van der Waals surface area contributed by atoms with E-state index in [0.717, 1.165) is 8.26 Å². The quantitative estimate of drug-likeness (QED) is 0.505. The Morgan fingerprint density at radius 3 is 2.29 bits per heavy atom. The lowest BCUT2D eigenvalue weighted by Crippen LogP contribution is -2.29. The van der Waals surface area contributed by atoms with Crippen LogP contribution in [0.4, 0.5) is 5.69 Å². The van der Waals surface area contributed by atoms with Gasteiger partial charge in [-0.15, -0.1) is 11.3 Å². The van der Waals surface area contributed by atoms with E-state index < -0.39 is 18.0 Å². The molecule has 126 valence electrons. The molecule has 0 aliphatic heterocycles. The van der Waals surface area contributed by atoms with Gasteiger partial charge in [0.25, 0.3) is 5.91 Å². The van der Waals surface area contributed by atoms with Gasteiger partial charge in [-0.1, -0.05) is 0 Å². The summed E-state index contributed by atoms with van der Waals surface area (Å²) < 4.78 is 6.69. The molecule has 1 heterocycles. The predicted octanol–water partition coefficient (Wildman–Crippen LogP) is 4.66. The summed E-state index contributed by atoms with van der Waals surface area (Å²) in [4.78, 5) is 35.7. The maximum absolute atomic E-state index is 12.1. The monoisotopic (exact) mass is 473 g/mol. The van der Waals surface area contributed by atoms with Crippen LogP contribution in [0.2, 0.25) is 0 Å². The van der Waals surface area contributed by atoms with Gasteiger partial charge in [-0.2, -0.15) is 0 Å². The summed E-state index contributed by atoms with van der Waals surface area (Å²) in [6.45, 7) is 2.96. The van der Waals surface area contributed by atoms with Crippen LogP contribution in [0.15, 0.2) is 38.6 Å². The van der Waals surface area contributed by atoms with E-state index in [9.17, 15) is 14.4 Å². The van der Waals surface area contributed by atoms with Crippen LogP contribution in [-0.2, 0) is 9.53 Å². The molecule has 1 aromatic carbocycles. The summed E-state index contributed by atoms with van der Waals surface area (Å²) in [5, 5.41) is 2.64. The minimum Gasteiger partial charge on any atom is -0.448 e. The van der Waals surface area contributed by atoms with Crippen LogP contribution in [0.1, 0.15) is 33.9 Å². The Hall–Kier alpha value is -1.51. The lowest BCUT2D eigenvalue weighted by Gasteiger charge is -2.13. The number of carbonyl (C=O) groups excluding carboxylic acids is 3. The third-order valence-electron chi connectivity index (χ3n) is 3.06. The zero-order valence-electron chi connectivity index (χ0n) is 12.8. The molecule has 0 spiro atoms. The lowest BCUT2D eigenvalue weighted by atomic mass is 10.1. The van der Waals surface area contributed by atoms with Crippen LogP contribution in [0.3, 0.4) is 0 Å². The fraction of sp³-hybridized carbons (Fsp3) is 0.188. The smallest absolute Gasteiger partial charge is 0.349 e. The molecule has 2 rings (SSSR count). The third-order valence-corrected chi connectivity index (χ3v) is 6.29. The number of carbonyl (C=O) groups is 3. The molecule has 1 atom stereocenters. The van der Waals surface area contributed by atoms with Gasteiger partial charge in [0.05, 0.1) is 3.79 Å². The van der Waals surface area contributed by atoms with Gasteiger partial charge in [0.2, 0.25) is 0 Å². The predicted molar refractivity (Wildman–Crippen MR) is 99.7 cm³/mol. The Morgan fingerprint density at radius 1 is 1.17 bits per heavy atom. The zero-order chi connectivity index (χ0) is 17.9. The van der Waals surface area contributed by atoms with Crippen LogP contribution >= 0.6 is 43.2 Å². The summed E-state index contributed by atoms with van der Waals surface area (Å²) in [5.74, 6) is -1.07. The standard InChI is InChI=1S/C16H13Br2NO4S/c1-8(20)10-3-5-11(6-4-10)19-15(21)9(2)23-16(22)13-7-12(17)14(18)24-13/h3-7,9H,1-2H3,(H,19,21). The molecule has 1 aromatic heterocycles. The third kappa shape index (κ3) is 4.75. The van der Waals surface area contributed by atoms with Gasteiger partial charge in [-0.05, 0) is 76.0 Å². The average molecular weight is 475 g/mol. The van der Waals surface area contributed by atoms with Crippen molar-refractivity contribution < 1.29 is 19.1 Å². The van der Waals surface area contributed by atoms with Crippen LogP contribution in [0, 0.1) is 0 Å². The maximum atomic E-state index is 12.1. The molecule has 0 bridgehead atoms. The molecule has 0 saturated heterocycles. The Labute approximate surface area is 159 Å². The fourth-order valence-corrected chi connectivity index (χ4v) is 3.67. The van der Waals surface area contributed by atoms with Crippen molar-refractivity contribution in [2.45, 2.75) is 20.0 Å². The van der Waals surface area contributed by atoms with Crippen LogP contribution in [-0.4, -0.2) is 23.8 Å². The number of rotatable bonds is 5. The van der Waals surface area contributed by atoms with Gasteiger partial charge < -0.3 is 10.1 Å². The van der Waals surface area contributed by atoms with Crippen molar-refractivity contribution in [2.24, 2.45) is 0 Å². The van der Waals surface area contributed by atoms with Crippen molar-refractivity contribution in [2.75, 3.05) is 5.32 Å². The molecule has 2 aromatic rings. The molecular weight excluding hydrogens is 462 g/mol.